The third kappa shape index (κ3) is 5.19. The minimum absolute atomic E-state index is 0.0818. The molecule has 1 aromatic rings. The van der Waals surface area contributed by atoms with E-state index in [0.717, 1.165) is 5.69 Å². The number of aryl methyl sites for hydroxylation is 1. The molecule has 6 heteroatoms. The molecule has 0 spiro atoms. The molecule has 0 aliphatic rings. The van der Waals surface area contributed by atoms with Gasteiger partial charge in [0.05, 0.1) is 5.75 Å². The van der Waals surface area contributed by atoms with Gasteiger partial charge in [-0.25, -0.2) is 12.7 Å². The molecule has 0 saturated carbocycles. The van der Waals surface area contributed by atoms with Gasteiger partial charge in [-0.15, -0.1) is 0 Å². The minimum atomic E-state index is -3.28. The highest BCUT2D eigenvalue weighted by Crippen LogP contribution is 2.17. The van der Waals surface area contributed by atoms with Crippen LogP contribution in [0.1, 0.15) is 26.5 Å². The first kappa shape index (κ1) is 17.1. The summed E-state index contributed by atoms with van der Waals surface area (Å²) in [5, 5.41) is 0. The lowest BCUT2D eigenvalue weighted by Gasteiger charge is -2.30. The maximum absolute atomic E-state index is 12.4. The van der Waals surface area contributed by atoms with Gasteiger partial charge in [0, 0.05) is 31.4 Å². The molecule has 0 saturated heterocycles. The van der Waals surface area contributed by atoms with Gasteiger partial charge in [0.2, 0.25) is 10.0 Å². The van der Waals surface area contributed by atoms with Crippen LogP contribution < -0.4 is 5.73 Å². The topological polar surface area (TPSA) is 76.3 Å². The lowest BCUT2D eigenvalue weighted by molar-refractivity contribution is 0.273. The fraction of sp³-hybridized carbons (Fsp3) is 0.643. The number of aromatic nitrogens is 1. The number of rotatable bonds is 8. The molecule has 0 fully saturated rings. The first-order chi connectivity index (χ1) is 9.30. The Bertz CT molecular complexity index is 500. The zero-order valence-electron chi connectivity index (χ0n) is 12.5. The molecule has 5 nitrogen and oxygen atoms in total. The van der Waals surface area contributed by atoms with Crippen LogP contribution in [-0.4, -0.2) is 43.1 Å². The third-order valence-corrected chi connectivity index (χ3v) is 5.14. The van der Waals surface area contributed by atoms with Crippen molar-refractivity contribution in [3.8, 4) is 0 Å². The summed E-state index contributed by atoms with van der Waals surface area (Å²) in [7, 11) is -3.28. The summed E-state index contributed by atoms with van der Waals surface area (Å²) in [6.45, 7) is 7.18. The minimum Gasteiger partial charge on any atom is -0.330 e. The van der Waals surface area contributed by atoms with Crippen molar-refractivity contribution in [2.24, 2.45) is 11.1 Å². The smallest absolute Gasteiger partial charge is 0.214 e. The van der Waals surface area contributed by atoms with E-state index < -0.39 is 10.0 Å². The molecular weight excluding hydrogens is 274 g/mol. The molecule has 0 radical (unpaired) electrons. The van der Waals surface area contributed by atoms with E-state index in [2.05, 4.69) is 4.98 Å². The maximum atomic E-state index is 12.4. The quantitative estimate of drug-likeness (QED) is 0.784. The average molecular weight is 299 g/mol. The molecule has 2 N–H and O–H groups in total. The van der Waals surface area contributed by atoms with Gasteiger partial charge < -0.3 is 5.73 Å². The molecule has 0 atom stereocenters. The molecule has 0 bridgehead atoms. The standard InChI is InChI=1S/C14H25N3O2S/c1-4-17(12-14(2,3)11-15)20(18,19)10-8-13-7-5-6-9-16-13/h5-7,9H,4,8,10-12,15H2,1-3H3. The van der Waals surface area contributed by atoms with E-state index in [1.165, 1.54) is 4.31 Å². The molecule has 0 amide bonds. The molecule has 1 rings (SSSR count). The van der Waals surface area contributed by atoms with Crippen molar-refractivity contribution < 1.29 is 8.42 Å². The van der Waals surface area contributed by atoms with Gasteiger partial charge in [0.1, 0.15) is 0 Å². The molecule has 0 aliphatic carbocycles. The van der Waals surface area contributed by atoms with Crippen molar-refractivity contribution in [3.05, 3.63) is 30.1 Å². The molecule has 0 aliphatic heterocycles. The van der Waals surface area contributed by atoms with Crippen LogP contribution in [0.25, 0.3) is 0 Å². The Morgan fingerprint density at radius 1 is 1.35 bits per heavy atom. The number of hydrogen-bond acceptors (Lipinski definition) is 4. The Morgan fingerprint density at radius 2 is 2.05 bits per heavy atom. The van der Waals surface area contributed by atoms with Crippen molar-refractivity contribution in [3.63, 3.8) is 0 Å². The van der Waals surface area contributed by atoms with Crippen LogP contribution in [0.3, 0.4) is 0 Å². The zero-order chi connectivity index (χ0) is 15.2. The van der Waals surface area contributed by atoms with Crippen LogP contribution in [0, 0.1) is 5.41 Å². The van der Waals surface area contributed by atoms with Gasteiger partial charge in [0.15, 0.2) is 0 Å². The average Bonchev–Trinajstić information content (AvgIpc) is 2.44. The van der Waals surface area contributed by atoms with Crippen molar-refractivity contribution in [2.45, 2.75) is 27.2 Å². The van der Waals surface area contributed by atoms with E-state index >= 15 is 0 Å². The second kappa shape index (κ2) is 7.15. The summed E-state index contributed by atoms with van der Waals surface area (Å²) in [5.74, 6) is 0.0818. The summed E-state index contributed by atoms with van der Waals surface area (Å²) in [4.78, 5) is 4.15. The molecule has 20 heavy (non-hydrogen) atoms. The van der Waals surface area contributed by atoms with Gasteiger partial charge in [-0.3, -0.25) is 4.98 Å². The summed E-state index contributed by atoms with van der Waals surface area (Å²) >= 11 is 0. The fourth-order valence-corrected chi connectivity index (χ4v) is 3.52. The number of nitrogens with two attached hydrogens (primary N) is 1. The van der Waals surface area contributed by atoms with Crippen molar-refractivity contribution in [1.29, 1.82) is 0 Å². The number of nitrogens with zero attached hydrogens (tertiary/aromatic N) is 2. The Balaban J connectivity index is 2.70. The molecule has 1 aromatic heterocycles. The first-order valence-electron chi connectivity index (χ1n) is 6.88. The fourth-order valence-electron chi connectivity index (χ4n) is 1.86. The Hall–Kier alpha value is -0.980. The molecule has 114 valence electrons. The Kier molecular flexibility index (Phi) is 6.10. The second-order valence-corrected chi connectivity index (χ2v) is 7.77. The van der Waals surface area contributed by atoms with E-state index in [9.17, 15) is 8.42 Å². The van der Waals surface area contributed by atoms with Gasteiger partial charge in [-0.1, -0.05) is 26.8 Å². The van der Waals surface area contributed by atoms with Crippen molar-refractivity contribution in [2.75, 3.05) is 25.4 Å². The van der Waals surface area contributed by atoms with Gasteiger partial charge in [0.25, 0.3) is 0 Å². The van der Waals surface area contributed by atoms with E-state index in [4.69, 9.17) is 5.73 Å². The summed E-state index contributed by atoms with van der Waals surface area (Å²) < 4.78 is 26.3. The highest BCUT2D eigenvalue weighted by Gasteiger charge is 2.27. The monoisotopic (exact) mass is 299 g/mol. The van der Waals surface area contributed by atoms with Gasteiger partial charge in [-0.05, 0) is 24.1 Å². The van der Waals surface area contributed by atoms with E-state index in [0.29, 0.717) is 26.1 Å². The molecule has 1 heterocycles. The van der Waals surface area contributed by atoms with Crippen LogP contribution in [0.15, 0.2) is 24.4 Å². The predicted molar refractivity (Wildman–Crippen MR) is 81.8 cm³/mol. The Morgan fingerprint density at radius 3 is 2.55 bits per heavy atom. The number of sulfonamides is 1. The lowest BCUT2D eigenvalue weighted by atomic mass is 9.94. The largest absolute Gasteiger partial charge is 0.330 e. The normalized spacial score (nSPS) is 12.8. The number of hydrogen-bond donors (Lipinski definition) is 1. The van der Waals surface area contributed by atoms with Gasteiger partial charge >= 0.3 is 0 Å². The molecular formula is C14H25N3O2S. The van der Waals surface area contributed by atoms with Crippen LogP contribution in [0.5, 0.6) is 0 Å². The van der Waals surface area contributed by atoms with E-state index in [1.807, 2.05) is 39.0 Å². The molecule has 0 aromatic carbocycles. The van der Waals surface area contributed by atoms with Crippen molar-refractivity contribution in [1.82, 2.24) is 9.29 Å². The zero-order valence-corrected chi connectivity index (χ0v) is 13.4. The van der Waals surface area contributed by atoms with Crippen LogP contribution in [0.2, 0.25) is 0 Å². The summed E-state index contributed by atoms with van der Waals surface area (Å²) in [6.07, 6.45) is 2.11. The lowest BCUT2D eigenvalue weighted by Crippen LogP contribution is -2.43. The predicted octanol–water partition coefficient (Wildman–Crippen LogP) is 1.26. The van der Waals surface area contributed by atoms with Crippen LogP contribution >= 0.6 is 0 Å². The summed E-state index contributed by atoms with van der Waals surface area (Å²) in [5.41, 5.74) is 6.27. The highest BCUT2D eigenvalue weighted by molar-refractivity contribution is 7.89. The van der Waals surface area contributed by atoms with Crippen LogP contribution in [0.4, 0.5) is 0 Å². The first-order valence-corrected chi connectivity index (χ1v) is 8.49. The maximum Gasteiger partial charge on any atom is 0.214 e. The third-order valence-electron chi connectivity index (χ3n) is 3.25. The number of pyridine rings is 1. The van der Waals surface area contributed by atoms with Crippen LogP contribution in [-0.2, 0) is 16.4 Å². The summed E-state index contributed by atoms with van der Waals surface area (Å²) in [6, 6.07) is 5.53. The Labute approximate surface area is 122 Å². The highest BCUT2D eigenvalue weighted by atomic mass is 32.2. The SMILES string of the molecule is CCN(CC(C)(C)CN)S(=O)(=O)CCc1ccccn1. The van der Waals surface area contributed by atoms with Gasteiger partial charge in [-0.2, -0.15) is 0 Å². The second-order valence-electron chi connectivity index (χ2n) is 5.68. The van der Waals surface area contributed by atoms with Crippen molar-refractivity contribution >= 4 is 10.0 Å². The van der Waals surface area contributed by atoms with E-state index in [-0.39, 0.29) is 11.2 Å². The van der Waals surface area contributed by atoms with E-state index in [1.54, 1.807) is 6.20 Å². The molecule has 0 unspecified atom stereocenters.